The number of benzene rings is 2. The molecule has 0 bridgehead atoms. The molecule has 0 aliphatic heterocycles. The van der Waals surface area contributed by atoms with E-state index in [4.69, 9.17) is 16.3 Å². The maximum Gasteiger partial charge on any atom is 0.276 e. The minimum absolute atomic E-state index is 0.224. The molecule has 0 aromatic heterocycles. The van der Waals surface area contributed by atoms with E-state index in [9.17, 15) is 14.0 Å². The van der Waals surface area contributed by atoms with Crippen molar-refractivity contribution in [2.24, 2.45) is 0 Å². The van der Waals surface area contributed by atoms with E-state index in [1.165, 1.54) is 12.1 Å². The van der Waals surface area contributed by atoms with Crippen molar-refractivity contribution in [1.82, 2.24) is 10.9 Å². The monoisotopic (exact) mass is 350 g/mol. The van der Waals surface area contributed by atoms with E-state index in [0.29, 0.717) is 10.8 Å². The predicted molar refractivity (Wildman–Crippen MR) is 88.4 cm³/mol. The standard InChI is InChI=1S/C17H16ClFN2O3/c1-10-7-14(8-11(2)16(10)18)24-9-15(22)20-21-17(23)12-3-5-13(19)6-4-12/h3-8H,9H2,1-2H3,(H,20,22)(H,21,23). The highest BCUT2D eigenvalue weighted by atomic mass is 35.5. The van der Waals surface area contributed by atoms with Crippen LogP contribution in [-0.4, -0.2) is 18.4 Å². The number of carbonyl (C=O) groups excluding carboxylic acids is 2. The first-order chi connectivity index (χ1) is 11.4. The summed E-state index contributed by atoms with van der Waals surface area (Å²) >= 11 is 6.06. The van der Waals surface area contributed by atoms with Crippen LogP contribution in [0.25, 0.3) is 0 Å². The molecule has 0 atom stereocenters. The minimum atomic E-state index is -0.554. The van der Waals surface area contributed by atoms with Gasteiger partial charge < -0.3 is 4.74 Å². The number of rotatable bonds is 4. The zero-order valence-corrected chi connectivity index (χ0v) is 13.9. The van der Waals surface area contributed by atoms with Crippen molar-refractivity contribution < 1.29 is 18.7 Å². The van der Waals surface area contributed by atoms with Gasteiger partial charge in [0.25, 0.3) is 11.8 Å². The number of carbonyl (C=O) groups is 2. The van der Waals surface area contributed by atoms with Gasteiger partial charge in [0.1, 0.15) is 11.6 Å². The predicted octanol–water partition coefficient (Wildman–Crippen LogP) is 2.94. The van der Waals surface area contributed by atoms with Gasteiger partial charge in [-0.2, -0.15) is 0 Å². The molecule has 0 spiro atoms. The molecule has 0 aliphatic rings. The molecule has 0 saturated carbocycles. The van der Waals surface area contributed by atoms with Gasteiger partial charge in [-0.3, -0.25) is 20.4 Å². The summed E-state index contributed by atoms with van der Waals surface area (Å²) in [5, 5.41) is 0.651. The number of halogens is 2. The molecule has 0 saturated heterocycles. The summed E-state index contributed by atoms with van der Waals surface area (Å²) in [7, 11) is 0. The Morgan fingerprint density at radius 1 is 1.08 bits per heavy atom. The summed E-state index contributed by atoms with van der Waals surface area (Å²) in [4.78, 5) is 23.5. The molecule has 0 fully saturated rings. The third-order valence-corrected chi connectivity index (χ3v) is 3.80. The van der Waals surface area contributed by atoms with Crippen molar-refractivity contribution in [3.63, 3.8) is 0 Å². The number of hydrogen-bond donors (Lipinski definition) is 2. The summed E-state index contributed by atoms with van der Waals surface area (Å²) in [6, 6.07) is 8.38. The first kappa shape index (κ1) is 17.7. The van der Waals surface area contributed by atoms with Crippen LogP contribution in [0.2, 0.25) is 5.02 Å². The average molecular weight is 351 g/mol. The van der Waals surface area contributed by atoms with Crippen LogP contribution < -0.4 is 15.6 Å². The van der Waals surface area contributed by atoms with E-state index in [1.54, 1.807) is 12.1 Å². The lowest BCUT2D eigenvalue weighted by Gasteiger charge is -2.11. The summed E-state index contributed by atoms with van der Waals surface area (Å²) < 4.78 is 18.1. The van der Waals surface area contributed by atoms with Gasteiger partial charge in [-0.25, -0.2) is 4.39 Å². The minimum Gasteiger partial charge on any atom is -0.484 e. The Bertz CT molecular complexity index is 740. The Hall–Kier alpha value is -2.60. The van der Waals surface area contributed by atoms with E-state index in [0.717, 1.165) is 23.3 Å². The van der Waals surface area contributed by atoms with Crippen LogP contribution >= 0.6 is 11.6 Å². The fourth-order valence-electron chi connectivity index (χ4n) is 1.97. The maximum atomic E-state index is 12.8. The Balaban J connectivity index is 1.83. The molecule has 0 unspecified atom stereocenters. The fraction of sp³-hybridized carbons (Fsp3) is 0.176. The average Bonchev–Trinajstić information content (AvgIpc) is 2.56. The first-order valence-corrected chi connectivity index (χ1v) is 7.49. The maximum absolute atomic E-state index is 12.8. The van der Waals surface area contributed by atoms with Gasteiger partial charge in [0.15, 0.2) is 6.61 Å². The lowest BCUT2D eigenvalue weighted by Crippen LogP contribution is -2.43. The summed E-state index contributed by atoms with van der Waals surface area (Å²) in [5.41, 5.74) is 6.36. The highest BCUT2D eigenvalue weighted by molar-refractivity contribution is 6.32. The topological polar surface area (TPSA) is 67.4 Å². The molecule has 2 N–H and O–H groups in total. The molecule has 2 aromatic carbocycles. The van der Waals surface area contributed by atoms with Crippen LogP contribution in [-0.2, 0) is 4.79 Å². The Labute approximate surface area is 143 Å². The highest BCUT2D eigenvalue weighted by Crippen LogP contribution is 2.25. The lowest BCUT2D eigenvalue weighted by molar-refractivity contribution is -0.123. The number of hydrogen-bond acceptors (Lipinski definition) is 3. The normalized spacial score (nSPS) is 10.2. The second kappa shape index (κ2) is 7.79. The molecule has 2 aromatic rings. The van der Waals surface area contributed by atoms with E-state index in [-0.39, 0.29) is 12.2 Å². The third-order valence-electron chi connectivity index (χ3n) is 3.20. The number of aryl methyl sites for hydroxylation is 2. The second-order valence-corrected chi connectivity index (χ2v) is 5.55. The van der Waals surface area contributed by atoms with Gasteiger partial charge in [-0.15, -0.1) is 0 Å². The molecule has 7 heteroatoms. The molecular weight excluding hydrogens is 335 g/mol. The van der Waals surface area contributed by atoms with Crippen molar-refractivity contribution in [3.8, 4) is 5.75 Å². The zero-order chi connectivity index (χ0) is 17.7. The van der Waals surface area contributed by atoms with Crippen molar-refractivity contribution >= 4 is 23.4 Å². The largest absolute Gasteiger partial charge is 0.484 e. The van der Waals surface area contributed by atoms with Gasteiger partial charge in [-0.1, -0.05) is 11.6 Å². The van der Waals surface area contributed by atoms with Crippen molar-refractivity contribution in [2.45, 2.75) is 13.8 Å². The molecule has 126 valence electrons. The molecule has 24 heavy (non-hydrogen) atoms. The molecule has 0 aliphatic carbocycles. The molecule has 0 radical (unpaired) electrons. The number of amides is 2. The highest BCUT2D eigenvalue weighted by Gasteiger charge is 2.09. The van der Waals surface area contributed by atoms with E-state index >= 15 is 0 Å². The molecule has 0 heterocycles. The molecule has 2 rings (SSSR count). The van der Waals surface area contributed by atoms with Gasteiger partial charge in [0.2, 0.25) is 0 Å². The van der Waals surface area contributed by atoms with E-state index in [1.807, 2.05) is 13.8 Å². The fourth-order valence-corrected chi connectivity index (χ4v) is 2.08. The van der Waals surface area contributed by atoms with Crippen molar-refractivity contribution in [2.75, 3.05) is 6.61 Å². The zero-order valence-electron chi connectivity index (χ0n) is 13.2. The second-order valence-electron chi connectivity index (χ2n) is 5.17. The summed E-state index contributed by atoms with van der Waals surface area (Å²) in [5.74, 6) is -1.02. The number of ether oxygens (including phenoxy) is 1. The van der Waals surface area contributed by atoms with Gasteiger partial charge in [-0.05, 0) is 61.4 Å². The van der Waals surface area contributed by atoms with Crippen LogP contribution in [0.5, 0.6) is 5.75 Å². The number of hydrazine groups is 1. The van der Waals surface area contributed by atoms with Crippen LogP contribution in [0.15, 0.2) is 36.4 Å². The van der Waals surface area contributed by atoms with Gasteiger partial charge >= 0.3 is 0 Å². The lowest BCUT2D eigenvalue weighted by atomic mass is 10.1. The summed E-state index contributed by atoms with van der Waals surface area (Å²) in [6.45, 7) is 3.40. The van der Waals surface area contributed by atoms with E-state index < -0.39 is 17.6 Å². The SMILES string of the molecule is Cc1cc(OCC(=O)NNC(=O)c2ccc(F)cc2)cc(C)c1Cl. The van der Waals surface area contributed by atoms with Gasteiger partial charge in [0, 0.05) is 10.6 Å². The Morgan fingerprint density at radius 3 is 2.25 bits per heavy atom. The smallest absolute Gasteiger partial charge is 0.276 e. The summed E-state index contributed by atoms with van der Waals surface area (Å²) in [6.07, 6.45) is 0. The molecular formula is C17H16ClFN2O3. The number of nitrogens with one attached hydrogen (secondary N) is 2. The molecule has 5 nitrogen and oxygen atoms in total. The van der Waals surface area contributed by atoms with Crippen LogP contribution in [0, 0.1) is 19.7 Å². The first-order valence-electron chi connectivity index (χ1n) is 7.11. The van der Waals surface area contributed by atoms with Gasteiger partial charge in [0.05, 0.1) is 0 Å². The van der Waals surface area contributed by atoms with E-state index in [2.05, 4.69) is 10.9 Å². The Morgan fingerprint density at radius 2 is 1.67 bits per heavy atom. The third kappa shape index (κ3) is 4.70. The Kier molecular flexibility index (Phi) is 5.76. The quantitative estimate of drug-likeness (QED) is 0.833. The van der Waals surface area contributed by atoms with Crippen LogP contribution in [0.3, 0.4) is 0 Å². The molecule has 2 amide bonds. The van der Waals surface area contributed by atoms with Crippen LogP contribution in [0.1, 0.15) is 21.5 Å². The van der Waals surface area contributed by atoms with Crippen molar-refractivity contribution in [3.05, 3.63) is 63.9 Å². The van der Waals surface area contributed by atoms with Crippen molar-refractivity contribution in [1.29, 1.82) is 0 Å². The van der Waals surface area contributed by atoms with Crippen LogP contribution in [0.4, 0.5) is 4.39 Å².